The molecule has 2 aliphatic rings. The molecule has 5 heteroatoms. The van der Waals surface area contributed by atoms with Gasteiger partial charge in [-0.1, -0.05) is 18.0 Å². The zero-order valence-corrected chi connectivity index (χ0v) is 11.8. The van der Waals surface area contributed by atoms with Crippen LogP contribution < -0.4 is 4.90 Å². The van der Waals surface area contributed by atoms with Gasteiger partial charge in [-0.3, -0.25) is 4.90 Å². The van der Waals surface area contributed by atoms with Crippen LogP contribution in [-0.2, 0) is 0 Å². The third kappa shape index (κ3) is 2.86. The van der Waals surface area contributed by atoms with Gasteiger partial charge in [-0.25, -0.2) is 4.98 Å². The van der Waals surface area contributed by atoms with Gasteiger partial charge in [0.1, 0.15) is 5.82 Å². The van der Waals surface area contributed by atoms with E-state index in [9.17, 15) is 5.11 Å². The van der Waals surface area contributed by atoms with Gasteiger partial charge in [0.15, 0.2) is 0 Å². The van der Waals surface area contributed by atoms with Gasteiger partial charge in [-0.05, 0) is 38.1 Å². The molecular formula is C14H20ClN3O. The van der Waals surface area contributed by atoms with Crippen molar-refractivity contribution >= 4 is 17.4 Å². The number of pyridine rings is 1. The Morgan fingerprint density at radius 3 is 2.63 bits per heavy atom. The molecule has 1 aromatic heterocycles. The van der Waals surface area contributed by atoms with Gasteiger partial charge in [0.2, 0.25) is 0 Å². The fraction of sp³-hybridized carbons (Fsp3) is 0.643. The minimum atomic E-state index is -0.282. The van der Waals surface area contributed by atoms with Crippen LogP contribution in [0.3, 0.4) is 0 Å². The van der Waals surface area contributed by atoms with Crippen molar-refractivity contribution in [1.82, 2.24) is 9.88 Å². The van der Waals surface area contributed by atoms with Gasteiger partial charge >= 0.3 is 0 Å². The lowest BCUT2D eigenvalue weighted by molar-refractivity contribution is 0.0706. The summed E-state index contributed by atoms with van der Waals surface area (Å²) < 4.78 is 0. The van der Waals surface area contributed by atoms with E-state index in [0.29, 0.717) is 11.6 Å². The highest BCUT2D eigenvalue weighted by Crippen LogP contribution is 2.24. The second-order valence-corrected chi connectivity index (χ2v) is 5.91. The zero-order valence-electron chi connectivity index (χ0n) is 11.0. The van der Waals surface area contributed by atoms with Crippen LogP contribution in [0.1, 0.15) is 19.3 Å². The molecule has 3 heterocycles. The molecule has 0 radical (unpaired) electrons. The summed E-state index contributed by atoms with van der Waals surface area (Å²) in [6, 6.07) is 4.02. The molecule has 0 bridgehead atoms. The van der Waals surface area contributed by atoms with E-state index in [0.717, 1.165) is 25.5 Å². The lowest BCUT2D eigenvalue weighted by Crippen LogP contribution is -2.45. The maximum atomic E-state index is 10.3. The summed E-state index contributed by atoms with van der Waals surface area (Å²) in [5.74, 6) is 0.906. The third-order valence-corrected chi connectivity index (χ3v) is 4.38. The number of piperidine rings is 1. The molecule has 2 fully saturated rings. The number of aliphatic hydroxyl groups excluding tert-OH is 1. The smallest absolute Gasteiger partial charge is 0.128 e. The molecule has 0 unspecified atom stereocenters. The molecular weight excluding hydrogens is 262 g/mol. The van der Waals surface area contributed by atoms with Crippen molar-refractivity contribution in [3.05, 3.63) is 23.4 Å². The number of aromatic nitrogens is 1. The van der Waals surface area contributed by atoms with Gasteiger partial charge in [0, 0.05) is 19.3 Å². The molecule has 19 heavy (non-hydrogen) atoms. The van der Waals surface area contributed by atoms with E-state index in [4.69, 9.17) is 11.6 Å². The highest BCUT2D eigenvalue weighted by molar-refractivity contribution is 6.30. The normalized spacial score (nSPS) is 28.8. The monoisotopic (exact) mass is 281 g/mol. The fourth-order valence-electron chi connectivity index (χ4n) is 3.12. The molecule has 4 nitrogen and oxygen atoms in total. The SMILES string of the molecule is O[C@H]1CN(c2ccc(Cl)cn2)C[C@@H]1N1CCCCC1. The van der Waals surface area contributed by atoms with Crippen molar-refractivity contribution in [2.45, 2.75) is 31.4 Å². The Hall–Kier alpha value is -0.840. The quantitative estimate of drug-likeness (QED) is 0.897. The number of aliphatic hydroxyl groups is 1. The van der Waals surface area contributed by atoms with Crippen LogP contribution in [0.4, 0.5) is 5.82 Å². The molecule has 0 saturated carbocycles. The van der Waals surface area contributed by atoms with Gasteiger partial charge in [-0.15, -0.1) is 0 Å². The van der Waals surface area contributed by atoms with Gasteiger partial charge < -0.3 is 10.0 Å². The largest absolute Gasteiger partial charge is 0.390 e. The molecule has 104 valence electrons. The molecule has 3 rings (SSSR count). The highest BCUT2D eigenvalue weighted by atomic mass is 35.5. The van der Waals surface area contributed by atoms with Crippen LogP contribution in [0.5, 0.6) is 0 Å². The summed E-state index contributed by atoms with van der Waals surface area (Å²) in [6.45, 7) is 3.75. The minimum Gasteiger partial charge on any atom is -0.390 e. The summed E-state index contributed by atoms with van der Waals surface area (Å²) in [7, 11) is 0. The van der Waals surface area contributed by atoms with Crippen molar-refractivity contribution in [2.75, 3.05) is 31.1 Å². The molecule has 0 aliphatic carbocycles. The van der Waals surface area contributed by atoms with E-state index in [-0.39, 0.29) is 12.1 Å². The Labute approximate surface area is 119 Å². The number of hydrogen-bond donors (Lipinski definition) is 1. The molecule has 2 atom stereocenters. The van der Waals surface area contributed by atoms with E-state index < -0.39 is 0 Å². The Balaban J connectivity index is 1.68. The summed E-state index contributed by atoms with van der Waals surface area (Å²) in [5.41, 5.74) is 0. The van der Waals surface area contributed by atoms with Crippen LogP contribution >= 0.6 is 11.6 Å². The number of nitrogens with zero attached hydrogens (tertiary/aromatic N) is 3. The number of β-amino-alcohol motifs (C(OH)–C–C–N with tert-alkyl or cyclic N) is 1. The molecule has 2 saturated heterocycles. The van der Waals surface area contributed by atoms with E-state index in [1.807, 2.05) is 12.1 Å². The molecule has 0 spiro atoms. The molecule has 0 aromatic carbocycles. The van der Waals surface area contributed by atoms with Gasteiger partial charge in [-0.2, -0.15) is 0 Å². The van der Waals surface area contributed by atoms with Gasteiger partial charge in [0.25, 0.3) is 0 Å². The van der Waals surface area contributed by atoms with Crippen molar-refractivity contribution in [3.8, 4) is 0 Å². The maximum absolute atomic E-state index is 10.3. The van der Waals surface area contributed by atoms with Crippen LogP contribution in [0.2, 0.25) is 5.02 Å². The fourth-order valence-corrected chi connectivity index (χ4v) is 3.23. The van der Waals surface area contributed by atoms with Crippen molar-refractivity contribution in [3.63, 3.8) is 0 Å². The second kappa shape index (κ2) is 5.65. The lowest BCUT2D eigenvalue weighted by atomic mass is 10.1. The van der Waals surface area contributed by atoms with Crippen molar-refractivity contribution in [1.29, 1.82) is 0 Å². The first-order valence-corrected chi connectivity index (χ1v) is 7.40. The first-order valence-electron chi connectivity index (χ1n) is 7.02. The Morgan fingerprint density at radius 2 is 1.95 bits per heavy atom. The average molecular weight is 282 g/mol. The molecule has 1 N–H and O–H groups in total. The molecule has 0 amide bonds. The predicted molar refractivity (Wildman–Crippen MR) is 76.7 cm³/mol. The van der Waals surface area contributed by atoms with E-state index in [1.165, 1.54) is 19.3 Å². The standard InChI is InChI=1S/C14H20ClN3O/c15-11-4-5-14(16-8-11)18-9-12(13(19)10-18)17-6-2-1-3-7-17/h4-5,8,12-13,19H,1-3,6-7,9-10H2/t12-,13-/m0/s1. The highest BCUT2D eigenvalue weighted by Gasteiger charge is 2.36. The van der Waals surface area contributed by atoms with E-state index in [1.54, 1.807) is 6.20 Å². The van der Waals surface area contributed by atoms with E-state index >= 15 is 0 Å². The van der Waals surface area contributed by atoms with Crippen LogP contribution in [-0.4, -0.2) is 53.3 Å². The predicted octanol–water partition coefficient (Wildman–Crippen LogP) is 1.77. The Bertz CT molecular complexity index is 419. The first kappa shape index (κ1) is 13.2. The zero-order chi connectivity index (χ0) is 13.2. The first-order chi connectivity index (χ1) is 9.24. The summed E-state index contributed by atoms with van der Waals surface area (Å²) in [4.78, 5) is 8.93. The van der Waals surface area contributed by atoms with E-state index in [2.05, 4.69) is 14.8 Å². The van der Waals surface area contributed by atoms with Crippen LogP contribution in [0, 0.1) is 0 Å². The number of hydrogen-bond acceptors (Lipinski definition) is 4. The number of rotatable bonds is 2. The second-order valence-electron chi connectivity index (χ2n) is 5.47. The van der Waals surface area contributed by atoms with Crippen molar-refractivity contribution < 1.29 is 5.11 Å². The average Bonchev–Trinajstić information content (AvgIpc) is 2.83. The lowest BCUT2D eigenvalue weighted by Gasteiger charge is -2.33. The number of halogens is 1. The summed E-state index contributed by atoms with van der Waals surface area (Å²) >= 11 is 5.86. The topological polar surface area (TPSA) is 39.6 Å². The van der Waals surface area contributed by atoms with Gasteiger partial charge in [0.05, 0.1) is 17.2 Å². The minimum absolute atomic E-state index is 0.248. The molecule has 2 aliphatic heterocycles. The molecule has 1 aromatic rings. The van der Waals surface area contributed by atoms with Crippen molar-refractivity contribution in [2.24, 2.45) is 0 Å². The van der Waals surface area contributed by atoms with Crippen LogP contribution in [0.15, 0.2) is 18.3 Å². The Morgan fingerprint density at radius 1 is 1.16 bits per heavy atom. The Kier molecular flexibility index (Phi) is 3.91. The summed E-state index contributed by atoms with van der Waals surface area (Å²) in [5, 5.41) is 10.9. The third-order valence-electron chi connectivity index (χ3n) is 4.15. The van der Waals surface area contributed by atoms with Crippen LogP contribution in [0.25, 0.3) is 0 Å². The maximum Gasteiger partial charge on any atom is 0.128 e. The number of likely N-dealkylation sites (tertiary alicyclic amines) is 1. The summed E-state index contributed by atoms with van der Waals surface area (Å²) in [6.07, 6.45) is 5.21. The number of anilines is 1.